The number of nitrogens with two attached hydrogens (primary N) is 1. The highest BCUT2D eigenvalue weighted by molar-refractivity contribution is 6.29. The Morgan fingerprint density at radius 3 is 2.52 bits per heavy atom. The molecule has 8 nitrogen and oxygen atoms in total. The number of aliphatic hydroxyl groups is 1. The quantitative estimate of drug-likeness (QED) is 0.488. The summed E-state index contributed by atoms with van der Waals surface area (Å²) in [5.41, 5.74) is 5.08. The van der Waals surface area contributed by atoms with Crippen LogP contribution >= 0.6 is 0 Å². The number of rotatable bonds is 11. The van der Waals surface area contributed by atoms with Crippen LogP contribution < -0.4 is 11.4 Å². The van der Waals surface area contributed by atoms with E-state index in [0.717, 1.165) is 25.7 Å². The normalized spacial score (nSPS) is 25.9. The van der Waals surface area contributed by atoms with Crippen LogP contribution in [0.1, 0.15) is 59.6 Å². The van der Waals surface area contributed by atoms with Crippen LogP contribution in [-0.4, -0.2) is 58.1 Å². The fourth-order valence-corrected chi connectivity index (χ4v) is 6.59. The first-order valence-electron chi connectivity index (χ1n) is 10.8. The van der Waals surface area contributed by atoms with Gasteiger partial charge in [-0.25, -0.2) is 4.79 Å². The van der Waals surface area contributed by atoms with Crippen molar-refractivity contribution >= 4 is 25.3 Å². The van der Waals surface area contributed by atoms with Gasteiger partial charge in [-0.3, -0.25) is 4.57 Å². The summed E-state index contributed by atoms with van der Waals surface area (Å²) >= 11 is 0. The molecule has 10 heteroatoms. The SMILES string of the molecule is CCC(CC)[SiH2]OC1C(O)C(n2ccc(N)nc2=O)OC1C(CC)(CC)O[SiH2]C. The van der Waals surface area contributed by atoms with Crippen molar-refractivity contribution in [3.63, 3.8) is 0 Å². The molecule has 0 radical (unpaired) electrons. The monoisotopic (exact) mass is 443 g/mol. The molecule has 4 unspecified atom stereocenters. The van der Waals surface area contributed by atoms with Gasteiger partial charge >= 0.3 is 5.69 Å². The molecular weight excluding hydrogens is 406 g/mol. The molecule has 1 fully saturated rings. The Balaban J connectivity index is 2.40. The molecule has 29 heavy (non-hydrogen) atoms. The van der Waals surface area contributed by atoms with E-state index in [1.54, 1.807) is 0 Å². The van der Waals surface area contributed by atoms with Crippen LogP contribution in [0.3, 0.4) is 0 Å². The topological polar surface area (TPSA) is 109 Å². The number of aliphatic hydroxyl groups excluding tert-OH is 1. The second-order valence-electron chi connectivity index (χ2n) is 7.67. The van der Waals surface area contributed by atoms with Crippen molar-refractivity contribution in [3.8, 4) is 0 Å². The van der Waals surface area contributed by atoms with Crippen molar-refractivity contribution in [3.05, 3.63) is 22.7 Å². The lowest BCUT2D eigenvalue weighted by Crippen LogP contribution is -2.52. The molecule has 0 amide bonds. The average molecular weight is 444 g/mol. The molecule has 2 rings (SSSR count). The molecule has 166 valence electrons. The Bertz CT molecular complexity index is 697. The molecule has 0 aromatic carbocycles. The number of aromatic nitrogens is 2. The second-order valence-corrected chi connectivity index (χ2v) is 10.4. The number of hydrogen-bond donors (Lipinski definition) is 2. The zero-order chi connectivity index (χ0) is 21.6. The summed E-state index contributed by atoms with van der Waals surface area (Å²) in [6.07, 6.45) is 2.30. The maximum atomic E-state index is 12.4. The second kappa shape index (κ2) is 10.8. The lowest BCUT2D eigenvalue weighted by Gasteiger charge is -2.40. The molecule has 0 saturated carbocycles. The molecule has 0 spiro atoms. The summed E-state index contributed by atoms with van der Waals surface area (Å²) in [5, 5.41) is 11.2. The van der Waals surface area contributed by atoms with E-state index in [1.807, 2.05) is 0 Å². The van der Waals surface area contributed by atoms with Gasteiger partial charge in [-0.05, 0) is 24.4 Å². The average Bonchev–Trinajstić information content (AvgIpc) is 3.04. The molecule has 1 aliphatic rings. The third kappa shape index (κ3) is 5.17. The minimum atomic E-state index is -0.982. The minimum absolute atomic E-state index is 0.140. The molecule has 0 aliphatic carbocycles. The Morgan fingerprint density at radius 1 is 1.34 bits per heavy atom. The zero-order valence-electron chi connectivity index (χ0n) is 18.3. The van der Waals surface area contributed by atoms with Gasteiger partial charge in [-0.15, -0.1) is 0 Å². The van der Waals surface area contributed by atoms with Crippen LogP contribution in [0.15, 0.2) is 17.1 Å². The molecule has 1 aliphatic heterocycles. The summed E-state index contributed by atoms with van der Waals surface area (Å²) in [6, 6.07) is 1.53. The van der Waals surface area contributed by atoms with E-state index >= 15 is 0 Å². The summed E-state index contributed by atoms with van der Waals surface area (Å²) in [4.78, 5) is 16.2. The number of ether oxygens (including phenoxy) is 1. The van der Waals surface area contributed by atoms with Crippen LogP contribution in [0.4, 0.5) is 5.82 Å². The Hall–Kier alpha value is -1.05. The fourth-order valence-electron chi connectivity index (χ4n) is 4.11. The van der Waals surface area contributed by atoms with Gasteiger partial charge in [0.15, 0.2) is 25.8 Å². The standard InChI is InChI=1S/C19H37N3O5Si2/c1-6-12(7-2)29-26-15-14(23)17(22-11-10-13(20)21-18(22)24)25-16(15)19(8-3,9-4)27-28-5/h10-12,14-17,23H,6-9,28-29H2,1-5H3,(H2,20,21,24). The third-order valence-corrected chi connectivity index (χ3v) is 9.23. The van der Waals surface area contributed by atoms with E-state index < -0.39 is 55.4 Å². The van der Waals surface area contributed by atoms with Gasteiger partial charge in [0.25, 0.3) is 0 Å². The van der Waals surface area contributed by atoms with Gasteiger partial charge in [0, 0.05) is 6.20 Å². The smallest absolute Gasteiger partial charge is 0.351 e. The highest BCUT2D eigenvalue weighted by Gasteiger charge is 2.54. The van der Waals surface area contributed by atoms with Crippen LogP contribution in [0.2, 0.25) is 12.1 Å². The maximum Gasteiger partial charge on any atom is 0.351 e. The summed E-state index contributed by atoms with van der Waals surface area (Å²) in [6.45, 7) is 10.6. The zero-order valence-corrected chi connectivity index (χ0v) is 21.2. The lowest BCUT2D eigenvalue weighted by molar-refractivity contribution is -0.128. The van der Waals surface area contributed by atoms with Crippen LogP contribution in [0.5, 0.6) is 0 Å². The van der Waals surface area contributed by atoms with Gasteiger partial charge in [0.1, 0.15) is 24.1 Å². The first-order chi connectivity index (χ1) is 13.9. The van der Waals surface area contributed by atoms with E-state index in [2.05, 4.69) is 39.2 Å². The predicted octanol–water partition coefficient (Wildman–Crippen LogP) is 0.869. The summed E-state index contributed by atoms with van der Waals surface area (Å²) in [5.74, 6) is 0.140. The molecule has 4 atom stereocenters. The molecule has 2 heterocycles. The molecule has 3 N–H and O–H groups in total. The van der Waals surface area contributed by atoms with E-state index in [1.165, 1.54) is 16.8 Å². The number of anilines is 1. The highest BCUT2D eigenvalue weighted by atomic mass is 28.2. The summed E-state index contributed by atoms with van der Waals surface area (Å²) in [7, 11) is -1.60. The Labute approximate surface area is 178 Å². The largest absolute Gasteiger partial charge is 0.416 e. The third-order valence-electron chi connectivity index (χ3n) is 6.17. The van der Waals surface area contributed by atoms with Crippen molar-refractivity contribution in [1.29, 1.82) is 0 Å². The van der Waals surface area contributed by atoms with Gasteiger partial charge in [0.2, 0.25) is 0 Å². The van der Waals surface area contributed by atoms with Gasteiger partial charge < -0.3 is 24.4 Å². The predicted molar refractivity (Wildman–Crippen MR) is 119 cm³/mol. The number of hydrogen-bond acceptors (Lipinski definition) is 7. The van der Waals surface area contributed by atoms with E-state index in [-0.39, 0.29) is 5.82 Å². The number of nitrogens with zero attached hydrogens (tertiary/aromatic N) is 2. The highest BCUT2D eigenvalue weighted by Crippen LogP contribution is 2.41. The first kappa shape index (κ1) is 24.2. The molecule has 0 bridgehead atoms. The van der Waals surface area contributed by atoms with E-state index in [9.17, 15) is 9.90 Å². The maximum absolute atomic E-state index is 12.4. The number of nitrogen functional groups attached to an aromatic ring is 1. The van der Waals surface area contributed by atoms with E-state index in [4.69, 9.17) is 19.3 Å². The van der Waals surface area contributed by atoms with Gasteiger partial charge in [0.05, 0.1) is 5.60 Å². The van der Waals surface area contributed by atoms with Gasteiger partial charge in [-0.2, -0.15) is 4.98 Å². The molecule has 1 aromatic heterocycles. The molecular formula is C19H37N3O5Si2. The summed E-state index contributed by atoms with van der Waals surface area (Å²) < 4.78 is 20.3. The van der Waals surface area contributed by atoms with Crippen LogP contribution in [0, 0.1) is 0 Å². The van der Waals surface area contributed by atoms with Crippen molar-refractivity contribution in [2.75, 3.05) is 5.73 Å². The van der Waals surface area contributed by atoms with Crippen molar-refractivity contribution in [2.24, 2.45) is 0 Å². The van der Waals surface area contributed by atoms with Crippen molar-refractivity contribution in [2.45, 2.75) is 95.6 Å². The first-order valence-corrected chi connectivity index (χ1v) is 14.2. The van der Waals surface area contributed by atoms with Crippen LogP contribution in [-0.2, 0) is 13.6 Å². The van der Waals surface area contributed by atoms with Crippen LogP contribution in [0.25, 0.3) is 0 Å². The van der Waals surface area contributed by atoms with Crippen molar-refractivity contribution < 1.29 is 18.7 Å². The Kier molecular flexibility index (Phi) is 9.04. The Morgan fingerprint density at radius 2 is 2.00 bits per heavy atom. The molecule has 1 aromatic rings. The fraction of sp³-hybridized carbons (Fsp3) is 0.789. The molecule has 1 saturated heterocycles. The van der Waals surface area contributed by atoms with Gasteiger partial charge in [-0.1, -0.05) is 47.1 Å². The van der Waals surface area contributed by atoms with E-state index in [0.29, 0.717) is 5.54 Å². The lowest BCUT2D eigenvalue weighted by atomic mass is 9.87. The minimum Gasteiger partial charge on any atom is -0.416 e. The van der Waals surface area contributed by atoms with Crippen molar-refractivity contribution in [1.82, 2.24) is 9.55 Å².